The summed E-state index contributed by atoms with van der Waals surface area (Å²) < 4.78 is 5.31. The predicted octanol–water partition coefficient (Wildman–Crippen LogP) is 2.18. The lowest BCUT2D eigenvalue weighted by Crippen LogP contribution is -2.06. The third-order valence-corrected chi connectivity index (χ3v) is 4.05. The SMILES string of the molecule is CNCc1noc(C2Cc3ccccc3S2)n1. The minimum Gasteiger partial charge on any atom is -0.338 e. The Bertz CT molecular complexity index is 501. The van der Waals surface area contributed by atoms with Crippen LogP contribution in [0.25, 0.3) is 0 Å². The molecule has 0 amide bonds. The summed E-state index contributed by atoms with van der Waals surface area (Å²) in [7, 11) is 1.87. The van der Waals surface area contributed by atoms with Gasteiger partial charge in [-0.05, 0) is 25.1 Å². The van der Waals surface area contributed by atoms with Gasteiger partial charge < -0.3 is 9.84 Å². The fourth-order valence-electron chi connectivity index (χ4n) is 1.95. The smallest absolute Gasteiger partial charge is 0.240 e. The van der Waals surface area contributed by atoms with Crippen molar-refractivity contribution in [3.05, 3.63) is 41.5 Å². The molecule has 1 N–H and O–H groups in total. The molecule has 0 fully saturated rings. The second-order valence-electron chi connectivity index (χ2n) is 4.00. The molecule has 3 rings (SSSR count). The maximum Gasteiger partial charge on any atom is 0.240 e. The average molecular weight is 247 g/mol. The minimum absolute atomic E-state index is 0.269. The van der Waals surface area contributed by atoms with Gasteiger partial charge in [-0.25, -0.2) is 0 Å². The topological polar surface area (TPSA) is 51.0 Å². The van der Waals surface area contributed by atoms with E-state index >= 15 is 0 Å². The molecular formula is C12H13N3OS. The van der Waals surface area contributed by atoms with Crippen LogP contribution in [0.2, 0.25) is 0 Å². The lowest BCUT2D eigenvalue weighted by molar-refractivity contribution is 0.371. The van der Waals surface area contributed by atoms with Gasteiger partial charge in [0.1, 0.15) is 0 Å². The van der Waals surface area contributed by atoms with Crippen molar-refractivity contribution in [3.63, 3.8) is 0 Å². The van der Waals surface area contributed by atoms with Crippen molar-refractivity contribution < 1.29 is 4.52 Å². The Morgan fingerprint density at radius 2 is 2.35 bits per heavy atom. The summed E-state index contributed by atoms with van der Waals surface area (Å²) in [5.74, 6) is 1.45. The molecule has 1 aliphatic heterocycles. The van der Waals surface area contributed by atoms with E-state index in [4.69, 9.17) is 4.52 Å². The molecule has 88 valence electrons. The van der Waals surface area contributed by atoms with Gasteiger partial charge in [0.05, 0.1) is 11.8 Å². The highest BCUT2D eigenvalue weighted by molar-refractivity contribution is 7.99. The monoisotopic (exact) mass is 247 g/mol. The third-order valence-electron chi connectivity index (χ3n) is 2.74. The maximum atomic E-state index is 5.31. The van der Waals surface area contributed by atoms with E-state index in [0.29, 0.717) is 6.54 Å². The summed E-state index contributed by atoms with van der Waals surface area (Å²) in [5, 5.41) is 7.23. The van der Waals surface area contributed by atoms with Crippen molar-refractivity contribution in [2.75, 3.05) is 7.05 Å². The normalized spacial score (nSPS) is 18.3. The van der Waals surface area contributed by atoms with Gasteiger partial charge in [0.25, 0.3) is 0 Å². The summed E-state index contributed by atoms with van der Waals surface area (Å²) in [6.07, 6.45) is 0.974. The fraction of sp³-hybridized carbons (Fsp3) is 0.333. The van der Waals surface area contributed by atoms with E-state index in [1.54, 1.807) is 11.8 Å². The number of hydrogen-bond donors (Lipinski definition) is 1. The van der Waals surface area contributed by atoms with Gasteiger partial charge in [-0.2, -0.15) is 4.98 Å². The van der Waals surface area contributed by atoms with Gasteiger partial charge >= 0.3 is 0 Å². The molecule has 0 bridgehead atoms. The number of nitrogens with zero attached hydrogens (tertiary/aromatic N) is 2. The molecule has 1 atom stereocenters. The maximum absolute atomic E-state index is 5.31. The molecule has 1 aliphatic rings. The number of aromatic nitrogens is 2. The molecule has 0 saturated heterocycles. The van der Waals surface area contributed by atoms with Crippen LogP contribution in [0, 0.1) is 0 Å². The molecule has 1 aromatic heterocycles. The lowest BCUT2D eigenvalue weighted by atomic mass is 10.1. The van der Waals surface area contributed by atoms with E-state index in [1.807, 2.05) is 7.05 Å². The summed E-state index contributed by atoms with van der Waals surface area (Å²) in [4.78, 5) is 5.73. The van der Waals surface area contributed by atoms with Crippen LogP contribution in [0.4, 0.5) is 0 Å². The summed E-state index contributed by atoms with van der Waals surface area (Å²) in [5.41, 5.74) is 1.37. The number of fused-ring (bicyclic) bond motifs is 1. The number of rotatable bonds is 3. The first kappa shape index (κ1) is 10.8. The van der Waals surface area contributed by atoms with Crippen LogP contribution in [0.1, 0.15) is 22.5 Å². The van der Waals surface area contributed by atoms with Crippen LogP contribution in [0.5, 0.6) is 0 Å². The van der Waals surface area contributed by atoms with E-state index < -0.39 is 0 Å². The van der Waals surface area contributed by atoms with Gasteiger partial charge in [0, 0.05) is 4.90 Å². The first-order chi connectivity index (χ1) is 8.36. The molecule has 0 aliphatic carbocycles. The number of nitrogens with one attached hydrogen (secondary N) is 1. The number of thioether (sulfide) groups is 1. The molecule has 1 unspecified atom stereocenters. The molecule has 0 saturated carbocycles. The van der Waals surface area contributed by atoms with E-state index in [0.717, 1.165) is 18.1 Å². The van der Waals surface area contributed by atoms with Crippen molar-refractivity contribution in [3.8, 4) is 0 Å². The third kappa shape index (κ3) is 2.08. The highest BCUT2D eigenvalue weighted by atomic mass is 32.2. The quantitative estimate of drug-likeness (QED) is 0.901. The Kier molecular flexibility index (Phi) is 2.86. The van der Waals surface area contributed by atoms with Gasteiger partial charge in [-0.1, -0.05) is 23.4 Å². The zero-order valence-corrected chi connectivity index (χ0v) is 10.3. The van der Waals surface area contributed by atoms with E-state index in [1.165, 1.54) is 10.5 Å². The van der Waals surface area contributed by atoms with Crippen LogP contribution in [0.3, 0.4) is 0 Å². The van der Waals surface area contributed by atoms with Crippen molar-refractivity contribution in [1.82, 2.24) is 15.5 Å². The van der Waals surface area contributed by atoms with Crippen molar-refractivity contribution in [2.45, 2.75) is 23.1 Å². The molecule has 2 aromatic rings. The molecule has 17 heavy (non-hydrogen) atoms. The summed E-state index contributed by atoms with van der Waals surface area (Å²) in [6.45, 7) is 0.647. The molecule has 5 heteroatoms. The Balaban J connectivity index is 1.79. The van der Waals surface area contributed by atoms with Crippen LogP contribution in [-0.4, -0.2) is 17.2 Å². The Hall–Kier alpha value is -1.33. The zero-order valence-electron chi connectivity index (χ0n) is 9.51. The van der Waals surface area contributed by atoms with Crippen LogP contribution in [-0.2, 0) is 13.0 Å². The van der Waals surface area contributed by atoms with Gasteiger partial charge in [-0.15, -0.1) is 11.8 Å². The average Bonchev–Trinajstić information content (AvgIpc) is 2.94. The van der Waals surface area contributed by atoms with E-state index in [9.17, 15) is 0 Å². The van der Waals surface area contributed by atoms with Crippen molar-refractivity contribution in [2.24, 2.45) is 0 Å². The second kappa shape index (κ2) is 4.50. The van der Waals surface area contributed by atoms with Crippen LogP contribution < -0.4 is 5.32 Å². The fourth-order valence-corrected chi connectivity index (χ4v) is 3.17. The molecule has 1 aromatic carbocycles. The molecule has 0 radical (unpaired) electrons. The zero-order chi connectivity index (χ0) is 11.7. The highest BCUT2D eigenvalue weighted by Crippen LogP contribution is 2.45. The van der Waals surface area contributed by atoms with Crippen molar-refractivity contribution >= 4 is 11.8 Å². The predicted molar refractivity (Wildman–Crippen MR) is 65.8 cm³/mol. The van der Waals surface area contributed by atoms with E-state index in [-0.39, 0.29) is 5.25 Å². The molecule has 4 nitrogen and oxygen atoms in total. The first-order valence-electron chi connectivity index (χ1n) is 5.58. The first-order valence-corrected chi connectivity index (χ1v) is 6.46. The van der Waals surface area contributed by atoms with Crippen LogP contribution in [0.15, 0.2) is 33.7 Å². The summed E-state index contributed by atoms with van der Waals surface area (Å²) >= 11 is 1.80. The largest absolute Gasteiger partial charge is 0.338 e. The molecule has 0 spiro atoms. The summed E-state index contributed by atoms with van der Waals surface area (Å²) in [6, 6.07) is 8.44. The van der Waals surface area contributed by atoms with Crippen molar-refractivity contribution in [1.29, 1.82) is 0 Å². The Morgan fingerprint density at radius 3 is 3.18 bits per heavy atom. The molecular weight excluding hydrogens is 234 g/mol. The number of hydrogen-bond acceptors (Lipinski definition) is 5. The van der Waals surface area contributed by atoms with Gasteiger partial charge in [-0.3, -0.25) is 0 Å². The minimum atomic E-state index is 0.269. The Labute approximate surface area is 104 Å². The van der Waals surface area contributed by atoms with Gasteiger partial charge in [0.2, 0.25) is 5.89 Å². The molecule has 2 heterocycles. The van der Waals surface area contributed by atoms with Gasteiger partial charge in [0.15, 0.2) is 5.82 Å². The van der Waals surface area contributed by atoms with E-state index in [2.05, 4.69) is 39.7 Å². The highest BCUT2D eigenvalue weighted by Gasteiger charge is 2.27. The second-order valence-corrected chi connectivity index (χ2v) is 5.24. The number of benzene rings is 1. The lowest BCUT2D eigenvalue weighted by Gasteiger charge is -1.99. The van der Waals surface area contributed by atoms with Crippen LogP contribution >= 0.6 is 11.8 Å². The Morgan fingerprint density at radius 1 is 1.47 bits per heavy atom. The standard InChI is InChI=1S/C12H13N3OS/c1-13-7-11-14-12(16-15-11)10-6-8-4-2-3-5-9(8)17-10/h2-5,10,13H,6-7H2,1H3.